The first-order valence-electron chi connectivity index (χ1n) is 7.37. The van der Waals surface area contributed by atoms with Crippen LogP contribution in [0, 0.1) is 0 Å². The van der Waals surface area contributed by atoms with Gasteiger partial charge in [0, 0.05) is 13.2 Å². The van der Waals surface area contributed by atoms with Gasteiger partial charge >= 0.3 is 0 Å². The number of aromatic nitrogens is 2. The molecule has 0 aliphatic heterocycles. The second kappa shape index (κ2) is 8.17. The molecule has 1 aromatic heterocycles. The first-order chi connectivity index (χ1) is 10.7. The van der Waals surface area contributed by atoms with Crippen LogP contribution < -0.4 is 0 Å². The van der Waals surface area contributed by atoms with E-state index in [1.807, 2.05) is 42.7 Å². The molecule has 0 radical (unpaired) electrons. The molecule has 0 fully saturated rings. The molecule has 0 spiro atoms. The summed E-state index contributed by atoms with van der Waals surface area (Å²) in [5, 5.41) is 0.831. The van der Waals surface area contributed by atoms with Gasteiger partial charge in [0.05, 0.1) is 11.0 Å². The lowest BCUT2D eigenvalue weighted by Crippen LogP contribution is -2.13. The zero-order valence-electron chi connectivity index (χ0n) is 13.1. The average molecular weight is 318 g/mol. The number of benzene rings is 1. The van der Waals surface area contributed by atoms with E-state index in [1.54, 1.807) is 12.2 Å². The number of ether oxygens (including phenoxy) is 2. The highest BCUT2D eigenvalue weighted by molar-refractivity contribution is 7.99. The van der Waals surface area contributed by atoms with E-state index in [2.05, 4.69) is 13.2 Å². The Morgan fingerprint density at radius 1 is 1.18 bits per heavy atom. The maximum Gasteiger partial charge on any atom is 0.174 e. The van der Waals surface area contributed by atoms with Gasteiger partial charge in [-0.05, 0) is 32.1 Å². The van der Waals surface area contributed by atoms with Gasteiger partial charge in [-0.25, -0.2) is 4.98 Å². The highest BCUT2D eigenvalue weighted by Crippen LogP contribution is 2.32. The third kappa shape index (κ3) is 3.61. The second-order valence-electron chi connectivity index (χ2n) is 4.51. The lowest BCUT2D eigenvalue weighted by molar-refractivity contribution is 0.0440. The third-order valence-corrected chi connectivity index (χ3v) is 4.16. The summed E-state index contributed by atoms with van der Waals surface area (Å²) < 4.78 is 13.5. The number of thioether (sulfide) groups is 1. The Morgan fingerprint density at radius 3 is 2.55 bits per heavy atom. The molecule has 2 unspecified atom stereocenters. The van der Waals surface area contributed by atoms with Crippen LogP contribution in [-0.4, -0.2) is 28.2 Å². The van der Waals surface area contributed by atoms with E-state index in [1.165, 1.54) is 11.8 Å². The number of hydrogen-bond donors (Lipinski definition) is 0. The van der Waals surface area contributed by atoms with Crippen molar-refractivity contribution in [3.05, 3.63) is 49.6 Å². The Labute approximate surface area is 135 Å². The highest BCUT2D eigenvalue weighted by Gasteiger charge is 2.20. The predicted octanol–water partition coefficient (Wildman–Crippen LogP) is 4.40. The lowest BCUT2D eigenvalue weighted by atomic mass is 10.3. The molecule has 0 saturated carbocycles. The molecule has 2 rings (SSSR count). The first-order valence-corrected chi connectivity index (χ1v) is 8.25. The summed E-state index contributed by atoms with van der Waals surface area (Å²) in [7, 11) is 0. The number of hydrogen-bond acceptors (Lipinski definition) is 4. The van der Waals surface area contributed by atoms with E-state index in [4.69, 9.17) is 14.5 Å². The van der Waals surface area contributed by atoms with Crippen LogP contribution in [0.2, 0.25) is 0 Å². The van der Waals surface area contributed by atoms with Crippen molar-refractivity contribution in [2.75, 3.05) is 13.2 Å². The molecule has 4 nitrogen and oxygen atoms in total. The molecule has 1 aromatic carbocycles. The van der Waals surface area contributed by atoms with Gasteiger partial charge in [0.1, 0.15) is 5.44 Å². The van der Waals surface area contributed by atoms with Crippen LogP contribution in [0.25, 0.3) is 11.0 Å². The fourth-order valence-electron chi connectivity index (χ4n) is 2.19. The van der Waals surface area contributed by atoms with Gasteiger partial charge in [0.2, 0.25) is 0 Å². The smallest absolute Gasteiger partial charge is 0.174 e. The minimum absolute atomic E-state index is 0.146. The van der Waals surface area contributed by atoms with Crippen LogP contribution >= 0.6 is 11.8 Å². The standard InChI is InChI=1S/C17H22N2O2S/c1-5-15(20-7-3)19-14-12-10-9-11-13(14)18-17(19)22-16(6-2)21-8-4/h5-6,9-12,15-16H,1-2,7-8H2,3-4H3. The summed E-state index contributed by atoms with van der Waals surface area (Å²) >= 11 is 1.52. The fourth-order valence-corrected chi connectivity index (χ4v) is 3.16. The van der Waals surface area contributed by atoms with Crippen LogP contribution in [0.5, 0.6) is 0 Å². The molecule has 0 N–H and O–H groups in total. The van der Waals surface area contributed by atoms with E-state index >= 15 is 0 Å². The van der Waals surface area contributed by atoms with Crippen molar-refractivity contribution in [1.29, 1.82) is 0 Å². The van der Waals surface area contributed by atoms with E-state index < -0.39 is 0 Å². The van der Waals surface area contributed by atoms with E-state index in [0.29, 0.717) is 13.2 Å². The van der Waals surface area contributed by atoms with Crippen LogP contribution in [0.3, 0.4) is 0 Å². The quantitative estimate of drug-likeness (QED) is 0.390. The Hall–Kier alpha value is -1.56. The molecular formula is C17H22N2O2S. The molecule has 2 atom stereocenters. The molecule has 0 bridgehead atoms. The van der Waals surface area contributed by atoms with Crippen molar-refractivity contribution >= 4 is 22.8 Å². The average Bonchev–Trinajstić information content (AvgIpc) is 2.90. The van der Waals surface area contributed by atoms with Gasteiger partial charge < -0.3 is 9.47 Å². The minimum atomic E-state index is -0.257. The molecule has 0 amide bonds. The number of nitrogens with zero attached hydrogens (tertiary/aromatic N) is 2. The van der Waals surface area contributed by atoms with E-state index in [-0.39, 0.29) is 11.7 Å². The molecular weight excluding hydrogens is 296 g/mol. The number of imidazole rings is 1. The molecule has 5 heteroatoms. The van der Waals surface area contributed by atoms with Crippen LogP contribution in [0.4, 0.5) is 0 Å². The zero-order valence-corrected chi connectivity index (χ0v) is 13.9. The van der Waals surface area contributed by atoms with Crippen molar-refractivity contribution in [1.82, 2.24) is 9.55 Å². The summed E-state index contributed by atoms with van der Waals surface area (Å²) in [6, 6.07) is 8.00. The summed E-state index contributed by atoms with van der Waals surface area (Å²) in [5.74, 6) is 0. The second-order valence-corrected chi connectivity index (χ2v) is 5.58. The predicted molar refractivity (Wildman–Crippen MR) is 92.1 cm³/mol. The molecule has 1 heterocycles. The molecule has 118 valence electrons. The number of para-hydroxylation sites is 2. The number of rotatable bonds is 9. The van der Waals surface area contributed by atoms with Gasteiger partial charge in [0.15, 0.2) is 11.4 Å². The summed E-state index contributed by atoms with van der Waals surface area (Å²) in [4.78, 5) is 4.70. The Balaban J connectivity index is 2.47. The monoisotopic (exact) mass is 318 g/mol. The molecule has 0 saturated heterocycles. The van der Waals surface area contributed by atoms with Gasteiger partial charge in [-0.15, -0.1) is 0 Å². The summed E-state index contributed by atoms with van der Waals surface area (Å²) in [6.45, 7) is 12.9. The molecule has 2 aromatic rings. The van der Waals surface area contributed by atoms with Crippen LogP contribution in [0.15, 0.2) is 54.7 Å². The Morgan fingerprint density at radius 2 is 1.91 bits per heavy atom. The molecule has 22 heavy (non-hydrogen) atoms. The summed E-state index contributed by atoms with van der Waals surface area (Å²) in [5.41, 5.74) is 1.80. The Kier molecular flexibility index (Phi) is 6.24. The van der Waals surface area contributed by atoms with Crippen LogP contribution in [0.1, 0.15) is 20.1 Å². The first kappa shape index (κ1) is 16.8. The highest BCUT2D eigenvalue weighted by atomic mass is 32.2. The normalized spacial score (nSPS) is 13.9. The van der Waals surface area contributed by atoms with Gasteiger partial charge in [0.25, 0.3) is 0 Å². The SMILES string of the molecule is C=CC(OCC)Sc1nc2ccccc2n1C(C=C)OCC. The lowest BCUT2D eigenvalue weighted by Gasteiger charge is -2.19. The Bertz CT molecular complexity index is 639. The maximum absolute atomic E-state index is 5.78. The van der Waals surface area contributed by atoms with Gasteiger partial charge in [-0.2, -0.15) is 0 Å². The number of fused-ring (bicyclic) bond motifs is 1. The fraction of sp³-hybridized carbons (Fsp3) is 0.353. The van der Waals surface area contributed by atoms with Crippen molar-refractivity contribution in [2.45, 2.75) is 30.7 Å². The topological polar surface area (TPSA) is 36.3 Å². The molecule has 0 aliphatic rings. The third-order valence-electron chi connectivity index (χ3n) is 3.10. The van der Waals surface area contributed by atoms with Gasteiger partial charge in [-0.1, -0.05) is 43.1 Å². The maximum atomic E-state index is 5.78. The minimum Gasteiger partial charge on any atom is -0.363 e. The summed E-state index contributed by atoms with van der Waals surface area (Å²) in [6.07, 6.45) is 3.30. The van der Waals surface area contributed by atoms with Crippen molar-refractivity contribution in [3.63, 3.8) is 0 Å². The van der Waals surface area contributed by atoms with Crippen molar-refractivity contribution in [2.24, 2.45) is 0 Å². The van der Waals surface area contributed by atoms with Crippen molar-refractivity contribution < 1.29 is 9.47 Å². The van der Waals surface area contributed by atoms with E-state index in [0.717, 1.165) is 16.2 Å². The zero-order chi connectivity index (χ0) is 15.9. The van der Waals surface area contributed by atoms with Crippen LogP contribution in [-0.2, 0) is 9.47 Å². The van der Waals surface area contributed by atoms with Gasteiger partial charge in [-0.3, -0.25) is 4.57 Å². The largest absolute Gasteiger partial charge is 0.363 e. The van der Waals surface area contributed by atoms with Crippen molar-refractivity contribution in [3.8, 4) is 0 Å². The van der Waals surface area contributed by atoms with E-state index in [9.17, 15) is 0 Å². The molecule has 0 aliphatic carbocycles.